The van der Waals surface area contributed by atoms with Crippen molar-refractivity contribution >= 4 is 17.8 Å². The van der Waals surface area contributed by atoms with E-state index in [0.29, 0.717) is 25.6 Å². The number of carbonyl (C=O) groups is 2. The number of pyridine rings is 1. The average molecular weight is 367 g/mol. The number of hydrogen-bond acceptors (Lipinski definition) is 4. The molecule has 0 aromatic carbocycles. The van der Waals surface area contributed by atoms with E-state index in [0.717, 1.165) is 18.5 Å². The number of allylic oxidation sites excluding steroid dienone is 2. The van der Waals surface area contributed by atoms with Crippen molar-refractivity contribution < 1.29 is 9.59 Å². The molecule has 1 aromatic heterocycles. The average Bonchev–Trinajstić information content (AvgIpc) is 3.37. The van der Waals surface area contributed by atoms with Crippen LogP contribution < -0.4 is 10.6 Å². The van der Waals surface area contributed by atoms with Gasteiger partial charge >= 0.3 is 0 Å². The molecular formula is C20H25N5O2. The molecule has 2 heterocycles. The highest BCUT2D eigenvalue weighted by Crippen LogP contribution is 2.52. The number of likely N-dealkylation sites (tertiary alicyclic amines) is 1. The first-order valence-electron chi connectivity index (χ1n) is 9.57. The number of imide groups is 1. The second-order valence-electron chi connectivity index (χ2n) is 7.32. The van der Waals surface area contributed by atoms with Gasteiger partial charge in [0.25, 0.3) is 0 Å². The Hall–Kier alpha value is -2.70. The largest absolute Gasteiger partial charge is 0.356 e. The molecule has 1 aromatic rings. The third kappa shape index (κ3) is 3.34. The molecule has 142 valence electrons. The van der Waals surface area contributed by atoms with Crippen molar-refractivity contribution in [3.05, 3.63) is 42.2 Å². The lowest BCUT2D eigenvalue weighted by atomic mass is 9.85. The van der Waals surface area contributed by atoms with E-state index >= 15 is 0 Å². The zero-order valence-corrected chi connectivity index (χ0v) is 15.5. The van der Waals surface area contributed by atoms with Gasteiger partial charge in [0.1, 0.15) is 0 Å². The van der Waals surface area contributed by atoms with Crippen molar-refractivity contribution in [2.75, 3.05) is 26.7 Å². The summed E-state index contributed by atoms with van der Waals surface area (Å²) >= 11 is 0. The number of guanidine groups is 1. The number of nitrogens with zero attached hydrogens (tertiary/aromatic N) is 3. The van der Waals surface area contributed by atoms with Gasteiger partial charge in [-0.15, -0.1) is 0 Å². The van der Waals surface area contributed by atoms with Crippen LogP contribution >= 0.6 is 0 Å². The fraction of sp³-hybridized carbons (Fsp3) is 0.500. The van der Waals surface area contributed by atoms with Gasteiger partial charge in [-0.25, -0.2) is 0 Å². The van der Waals surface area contributed by atoms with E-state index in [1.807, 2.05) is 18.2 Å². The molecule has 1 saturated heterocycles. The van der Waals surface area contributed by atoms with Crippen molar-refractivity contribution in [3.8, 4) is 0 Å². The fourth-order valence-electron chi connectivity index (χ4n) is 4.55. The van der Waals surface area contributed by atoms with Crippen LogP contribution in [0.15, 0.2) is 41.5 Å². The Morgan fingerprint density at radius 1 is 1.15 bits per heavy atom. The molecule has 2 fully saturated rings. The Balaban J connectivity index is 1.23. The first kappa shape index (κ1) is 17.7. The predicted molar refractivity (Wildman–Crippen MR) is 102 cm³/mol. The molecule has 0 spiro atoms. The third-order valence-electron chi connectivity index (χ3n) is 5.81. The fourth-order valence-corrected chi connectivity index (χ4v) is 4.55. The summed E-state index contributed by atoms with van der Waals surface area (Å²) in [5.74, 6) is 0.938. The number of aliphatic imine (C=N–C) groups is 1. The van der Waals surface area contributed by atoms with Crippen LogP contribution in [0.4, 0.5) is 0 Å². The van der Waals surface area contributed by atoms with Gasteiger partial charge < -0.3 is 10.6 Å². The summed E-state index contributed by atoms with van der Waals surface area (Å²) in [6, 6.07) is 5.85. The smallest absolute Gasteiger partial charge is 0.233 e. The minimum atomic E-state index is -0.122. The summed E-state index contributed by atoms with van der Waals surface area (Å²) in [7, 11) is 1.70. The van der Waals surface area contributed by atoms with Crippen molar-refractivity contribution in [2.45, 2.75) is 12.8 Å². The molecule has 0 radical (unpaired) electrons. The van der Waals surface area contributed by atoms with Gasteiger partial charge in [-0.2, -0.15) is 0 Å². The van der Waals surface area contributed by atoms with E-state index in [4.69, 9.17) is 0 Å². The number of amides is 2. The second kappa shape index (κ2) is 7.50. The number of hydrogen-bond donors (Lipinski definition) is 2. The van der Waals surface area contributed by atoms with Crippen LogP contribution in [0.3, 0.4) is 0 Å². The molecule has 3 aliphatic rings. The lowest BCUT2D eigenvalue weighted by Gasteiger charge is -2.18. The summed E-state index contributed by atoms with van der Waals surface area (Å²) in [5, 5.41) is 6.41. The molecule has 7 heteroatoms. The first-order valence-corrected chi connectivity index (χ1v) is 9.57. The molecule has 2 amide bonds. The normalized spacial score (nSPS) is 28.8. The monoisotopic (exact) mass is 367 g/mol. The highest BCUT2D eigenvalue weighted by molar-refractivity contribution is 6.06. The van der Waals surface area contributed by atoms with Crippen LogP contribution in [0, 0.1) is 23.7 Å². The van der Waals surface area contributed by atoms with Crippen molar-refractivity contribution in [1.82, 2.24) is 20.5 Å². The minimum absolute atomic E-state index is 0.00162. The van der Waals surface area contributed by atoms with Gasteiger partial charge in [0.15, 0.2) is 5.96 Å². The lowest BCUT2D eigenvalue weighted by Crippen LogP contribution is -2.44. The lowest BCUT2D eigenvalue weighted by molar-refractivity contribution is -0.140. The standard InChI is InChI=1S/C20H25N5O2/c1-21-20(23-9-7-15-4-2-3-8-22-15)24-10-11-25-18(26)16-13-5-6-14(12-13)17(16)19(25)27/h2-6,8,13-14,16-17H,7,9-12H2,1H3,(H2,21,23,24). The van der Waals surface area contributed by atoms with Gasteiger partial charge in [0, 0.05) is 45.0 Å². The van der Waals surface area contributed by atoms with Crippen molar-refractivity contribution in [3.63, 3.8) is 0 Å². The second-order valence-corrected chi connectivity index (χ2v) is 7.32. The molecular weight excluding hydrogens is 342 g/mol. The molecule has 7 nitrogen and oxygen atoms in total. The van der Waals surface area contributed by atoms with Gasteiger partial charge in [-0.1, -0.05) is 18.2 Å². The summed E-state index contributed by atoms with van der Waals surface area (Å²) in [5.41, 5.74) is 1.02. The molecule has 4 unspecified atom stereocenters. The Morgan fingerprint density at radius 2 is 1.85 bits per heavy atom. The predicted octanol–water partition coefficient (Wildman–Crippen LogP) is 0.596. The zero-order chi connectivity index (χ0) is 18.8. The summed E-state index contributed by atoms with van der Waals surface area (Å²) in [6.45, 7) is 1.57. The van der Waals surface area contributed by atoms with E-state index < -0.39 is 0 Å². The van der Waals surface area contributed by atoms with Crippen LogP contribution in [-0.2, 0) is 16.0 Å². The van der Waals surface area contributed by atoms with Gasteiger partial charge in [-0.3, -0.25) is 24.5 Å². The Kier molecular flexibility index (Phi) is 4.92. The van der Waals surface area contributed by atoms with Crippen LogP contribution in [0.25, 0.3) is 0 Å². The number of fused-ring (bicyclic) bond motifs is 5. The van der Waals surface area contributed by atoms with Crippen LogP contribution in [0.5, 0.6) is 0 Å². The van der Waals surface area contributed by atoms with E-state index in [1.165, 1.54) is 4.90 Å². The number of carbonyl (C=O) groups excluding carboxylic acids is 2. The highest BCUT2D eigenvalue weighted by Gasteiger charge is 2.58. The first-order chi connectivity index (χ1) is 13.2. The summed E-state index contributed by atoms with van der Waals surface area (Å²) in [4.78, 5) is 35.2. The molecule has 2 N–H and O–H groups in total. The Morgan fingerprint density at radius 3 is 2.48 bits per heavy atom. The van der Waals surface area contributed by atoms with Crippen molar-refractivity contribution in [1.29, 1.82) is 0 Å². The maximum atomic E-state index is 12.7. The Bertz CT molecular complexity index is 746. The molecule has 4 rings (SSSR count). The van der Waals surface area contributed by atoms with Crippen LogP contribution in [-0.4, -0.2) is 54.3 Å². The van der Waals surface area contributed by atoms with E-state index in [9.17, 15) is 9.59 Å². The van der Waals surface area contributed by atoms with Gasteiger partial charge in [-0.05, 0) is 30.4 Å². The van der Waals surface area contributed by atoms with E-state index in [2.05, 4.69) is 32.8 Å². The SMILES string of the molecule is CN=C(NCCc1ccccn1)NCCN1C(=O)C2C3C=CC(C3)C2C1=O. The quantitative estimate of drug-likeness (QED) is 0.333. The molecule has 27 heavy (non-hydrogen) atoms. The van der Waals surface area contributed by atoms with Crippen LogP contribution in [0.2, 0.25) is 0 Å². The maximum Gasteiger partial charge on any atom is 0.233 e. The number of nitrogens with one attached hydrogen (secondary N) is 2. The minimum Gasteiger partial charge on any atom is -0.356 e. The molecule has 1 aliphatic heterocycles. The highest BCUT2D eigenvalue weighted by atomic mass is 16.2. The number of aromatic nitrogens is 1. The number of rotatable bonds is 6. The molecule has 2 bridgehead atoms. The van der Waals surface area contributed by atoms with Gasteiger partial charge in [0.05, 0.1) is 11.8 Å². The molecule has 4 atom stereocenters. The zero-order valence-electron chi connectivity index (χ0n) is 15.5. The topological polar surface area (TPSA) is 86.7 Å². The summed E-state index contributed by atoms with van der Waals surface area (Å²) in [6.07, 6.45) is 7.78. The van der Waals surface area contributed by atoms with Gasteiger partial charge in [0.2, 0.25) is 11.8 Å². The van der Waals surface area contributed by atoms with E-state index in [-0.39, 0.29) is 35.5 Å². The maximum absolute atomic E-state index is 12.7. The van der Waals surface area contributed by atoms with Crippen LogP contribution in [0.1, 0.15) is 12.1 Å². The molecule has 2 aliphatic carbocycles. The Labute approximate surface area is 158 Å². The summed E-state index contributed by atoms with van der Waals surface area (Å²) < 4.78 is 0. The third-order valence-corrected chi connectivity index (χ3v) is 5.81. The molecule has 1 saturated carbocycles. The van der Waals surface area contributed by atoms with E-state index in [1.54, 1.807) is 13.2 Å². The van der Waals surface area contributed by atoms with Crippen molar-refractivity contribution in [2.24, 2.45) is 28.7 Å².